The smallest absolute Gasteiger partial charge is 0.119 e. The van der Waals surface area contributed by atoms with E-state index in [-0.39, 0.29) is 0 Å². The Hall–Kier alpha value is -8.86. The highest BCUT2D eigenvalue weighted by molar-refractivity contribution is 6.47. The Balaban J connectivity index is 1.11. The van der Waals surface area contributed by atoms with Gasteiger partial charge in [0.15, 0.2) is 0 Å². The second-order valence-electron chi connectivity index (χ2n) is 20.8. The Kier molecular flexibility index (Phi) is 13.1. The van der Waals surface area contributed by atoms with Gasteiger partial charge in [-0.2, -0.15) is 0 Å². The second kappa shape index (κ2) is 20.9. The lowest BCUT2D eigenvalue weighted by Crippen LogP contribution is -2.10. The van der Waals surface area contributed by atoms with E-state index in [0.29, 0.717) is 13.2 Å². The molecule has 0 fully saturated rings. The molecule has 0 saturated carbocycles. The molecule has 0 amide bonds. The summed E-state index contributed by atoms with van der Waals surface area (Å²) in [5, 5.41) is 15.1. The number of fused-ring (bicyclic) bond motifs is 6. The number of rotatable bonds is 18. The average molecular weight is 1010 g/mol. The third-order valence-corrected chi connectivity index (χ3v) is 16.0. The molecule has 0 spiro atoms. The van der Waals surface area contributed by atoms with Crippen molar-refractivity contribution in [1.29, 1.82) is 0 Å². The molecule has 13 aromatic carbocycles. The van der Waals surface area contributed by atoms with Gasteiger partial charge in [-0.1, -0.05) is 173 Å². The van der Waals surface area contributed by atoms with Gasteiger partial charge in [0, 0.05) is 33.5 Å². The summed E-state index contributed by atoms with van der Waals surface area (Å²) in [6.07, 6.45) is 6.45. The number of hydrogen-bond donors (Lipinski definition) is 0. The van der Waals surface area contributed by atoms with Crippen molar-refractivity contribution in [3.63, 3.8) is 0 Å². The van der Waals surface area contributed by atoms with Crippen LogP contribution in [0.25, 0.3) is 86.9 Å². The minimum atomic E-state index is 0.621. The summed E-state index contributed by atoms with van der Waals surface area (Å²) in [6.45, 7) is 10.1. The minimum Gasteiger partial charge on any atom is -0.494 e. The van der Waals surface area contributed by atoms with E-state index in [1.165, 1.54) is 98.0 Å². The highest BCUT2D eigenvalue weighted by Gasteiger charge is 2.30. The molecular formula is C74H64N2O2. The average Bonchev–Trinajstić information content (AvgIpc) is 3.68. The van der Waals surface area contributed by atoms with Gasteiger partial charge in [0.25, 0.3) is 0 Å². The lowest BCUT2D eigenvalue weighted by atomic mass is 9.87. The summed E-state index contributed by atoms with van der Waals surface area (Å²) in [7, 11) is 0. The zero-order valence-electron chi connectivity index (χ0n) is 45.2. The van der Waals surface area contributed by atoms with Crippen LogP contribution in [0.1, 0.15) is 64.5 Å². The largest absolute Gasteiger partial charge is 0.494 e. The molecular weight excluding hydrogens is 949 g/mol. The summed E-state index contributed by atoms with van der Waals surface area (Å²) in [4.78, 5) is 4.87. The van der Waals surface area contributed by atoms with Crippen LogP contribution >= 0.6 is 0 Å². The van der Waals surface area contributed by atoms with Crippen LogP contribution in [0, 0.1) is 0 Å². The van der Waals surface area contributed by atoms with Crippen LogP contribution in [-0.2, 0) is 12.8 Å². The Labute approximate surface area is 458 Å². The van der Waals surface area contributed by atoms with E-state index >= 15 is 0 Å². The monoisotopic (exact) mass is 1010 g/mol. The number of ether oxygens (including phenoxy) is 2. The van der Waals surface area contributed by atoms with Crippen molar-refractivity contribution in [3.05, 3.63) is 230 Å². The SMILES string of the molecule is CCCCOc1ccc(N(c2ccc(CCC)cc2)c2ccc3c4c(-c5ccccc5)c5c6ccc(N(c7ccc(CCC)cc7)c7ccc(OCC)cc7)c7cccc(c5c(-c5ccccc5)c4c4cccc2c43)c76)cc1. The lowest BCUT2D eigenvalue weighted by Gasteiger charge is -2.27. The van der Waals surface area contributed by atoms with Crippen molar-refractivity contribution in [2.75, 3.05) is 23.0 Å². The minimum absolute atomic E-state index is 0.621. The van der Waals surface area contributed by atoms with E-state index in [2.05, 4.69) is 249 Å². The van der Waals surface area contributed by atoms with Crippen LogP contribution in [-0.4, -0.2) is 13.2 Å². The highest BCUT2D eigenvalue weighted by atomic mass is 16.5. The summed E-state index contributed by atoms with van der Waals surface area (Å²) < 4.78 is 12.2. The molecule has 0 bridgehead atoms. The first-order valence-electron chi connectivity index (χ1n) is 28.3. The lowest BCUT2D eigenvalue weighted by molar-refractivity contribution is 0.309. The van der Waals surface area contributed by atoms with Gasteiger partial charge in [-0.05, 0) is 198 Å². The predicted molar refractivity (Wildman–Crippen MR) is 334 cm³/mol. The van der Waals surface area contributed by atoms with Crippen LogP contribution in [0.2, 0.25) is 0 Å². The molecule has 0 aliphatic rings. The van der Waals surface area contributed by atoms with E-state index in [1.54, 1.807) is 0 Å². The second-order valence-corrected chi connectivity index (χ2v) is 20.8. The van der Waals surface area contributed by atoms with Crippen LogP contribution in [0.15, 0.2) is 218 Å². The van der Waals surface area contributed by atoms with Gasteiger partial charge in [0.1, 0.15) is 11.5 Å². The van der Waals surface area contributed by atoms with Gasteiger partial charge >= 0.3 is 0 Å². The van der Waals surface area contributed by atoms with Crippen molar-refractivity contribution in [2.24, 2.45) is 0 Å². The number of hydrogen-bond acceptors (Lipinski definition) is 4. The summed E-state index contributed by atoms with van der Waals surface area (Å²) >= 11 is 0. The van der Waals surface area contributed by atoms with E-state index in [9.17, 15) is 0 Å². The molecule has 4 heteroatoms. The molecule has 0 radical (unpaired) electrons. The molecule has 0 atom stereocenters. The maximum atomic E-state index is 6.20. The van der Waals surface area contributed by atoms with Gasteiger partial charge in [-0.15, -0.1) is 0 Å². The topological polar surface area (TPSA) is 24.9 Å². The number of nitrogens with zero attached hydrogens (tertiary/aromatic N) is 2. The van der Waals surface area contributed by atoms with Crippen LogP contribution in [0.5, 0.6) is 11.5 Å². The molecule has 4 nitrogen and oxygen atoms in total. The standard InChI is InChI=1S/C74H64N2O2/c1-5-9-48-78-58-42-38-56(39-43-58)76(54-34-30-50(19-7-3)31-35-54)66-47-45-64-70-60(66)25-17-27-62(70)72-67(51-20-12-10-13-21-51)71-61-26-16-24-59-65(46-44-63(69(59)61)73(71)68(74(64)72)52-22-14-11-15-23-52)75(53-32-28-49(18-6-2)29-33-53)55-36-40-57(41-37-55)77-8-4/h10-17,20-47H,5-9,18-19,48H2,1-4H3. The van der Waals surface area contributed by atoms with Crippen molar-refractivity contribution < 1.29 is 9.47 Å². The number of unbranched alkanes of at least 4 members (excludes halogenated alkanes) is 1. The molecule has 78 heavy (non-hydrogen) atoms. The summed E-state index contributed by atoms with van der Waals surface area (Å²) in [5.41, 5.74) is 14.3. The Morgan fingerprint density at radius 3 is 1.06 bits per heavy atom. The highest BCUT2D eigenvalue weighted by Crippen LogP contribution is 2.57. The van der Waals surface area contributed by atoms with Crippen LogP contribution in [0.3, 0.4) is 0 Å². The third kappa shape index (κ3) is 8.39. The first-order chi connectivity index (χ1) is 38.6. The Morgan fingerprint density at radius 1 is 0.308 bits per heavy atom. The summed E-state index contributed by atoms with van der Waals surface area (Å²) in [6, 6.07) is 81.5. The maximum absolute atomic E-state index is 6.20. The van der Waals surface area contributed by atoms with E-state index in [1.807, 2.05) is 6.92 Å². The van der Waals surface area contributed by atoms with Crippen molar-refractivity contribution in [1.82, 2.24) is 0 Å². The molecule has 382 valence electrons. The third-order valence-electron chi connectivity index (χ3n) is 16.0. The number of aryl methyl sites for hydroxylation is 2. The van der Waals surface area contributed by atoms with Crippen molar-refractivity contribution in [3.8, 4) is 33.8 Å². The predicted octanol–water partition coefficient (Wildman–Crippen LogP) is 21.2. The van der Waals surface area contributed by atoms with Crippen LogP contribution in [0.4, 0.5) is 34.1 Å². The van der Waals surface area contributed by atoms with Gasteiger partial charge in [0.2, 0.25) is 0 Å². The van der Waals surface area contributed by atoms with Gasteiger partial charge in [-0.3, -0.25) is 0 Å². The molecule has 0 aromatic heterocycles. The van der Waals surface area contributed by atoms with Crippen molar-refractivity contribution >= 4 is 98.8 Å². The molecule has 13 rings (SSSR count). The zero-order valence-corrected chi connectivity index (χ0v) is 45.2. The fourth-order valence-electron chi connectivity index (χ4n) is 12.6. The Bertz CT molecular complexity index is 4060. The van der Waals surface area contributed by atoms with Crippen molar-refractivity contribution in [2.45, 2.75) is 66.2 Å². The van der Waals surface area contributed by atoms with Gasteiger partial charge < -0.3 is 19.3 Å². The van der Waals surface area contributed by atoms with Crippen LogP contribution < -0.4 is 19.3 Å². The maximum Gasteiger partial charge on any atom is 0.119 e. The normalized spacial score (nSPS) is 11.7. The quantitative estimate of drug-likeness (QED) is 0.0800. The molecule has 0 heterocycles. The molecule has 0 unspecified atom stereocenters. The Morgan fingerprint density at radius 2 is 0.679 bits per heavy atom. The zero-order chi connectivity index (χ0) is 52.7. The van der Waals surface area contributed by atoms with E-state index < -0.39 is 0 Å². The van der Waals surface area contributed by atoms with E-state index in [4.69, 9.17) is 9.47 Å². The van der Waals surface area contributed by atoms with Gasteiger partial charge in [-0.25, -0.2) is 0 Å². The summed E-state index contributed by atoms with van der Waals surface area (Å²) in [5.74, 6) is 1.76. The first kappa shape index (κ1) is 48.8. The molecule has 0 N–H and O–H groups in total. The fraction of sp³-hybridized carbons (Fsp3) is 0.162. The fourth-order valence-corrected chi connectivity index (χ4v) is 12.6. The molecule has 13 aromatic rings. The van der Waals surface area contributed by atoms with E-state index in [0.717, 1.165) is 84.1 Å². The van der Waals surface area contributed by atoms with Gasteiger partial charge in [0.05, 0.1) is 24.6 Å². The number of benzene rings is 11. The number of anilines is 6. The molecule has 0 aliphatic heterocycles. The molecule has 0 aliphatic carbocycles. The molecule has 0 saturated heterocycles. The first-order valence-corrected chi connectivity index (χ1v) is 28.3.